The number of fused-ring (bicyclic) bond motifs is 1. The van der Waals surface area contributed by atoms with E-state index in [2.05, 4.69) is 26.0 Å². The lowest BCUT2D eigenvalue weighted by Gasteiger charge is -2.06. The highest BCUT2D eigenvalue weighted by atomic mass is 32.1. The van der Waals surface area contributed by atoms with Gasteiger partial charge in [0.05, 0.1) is 15.8 Å². The van der Waals surface area contributed by atoms with E-state index >= 15 is 0 Å². The molecule has 0 unspecified atom stereocenters. The fourth-order valence-corrected chi connectivity index (χ4v) is 3.13. The Labute approximate surface area is 116 Å². The van der Waals surface area contributed by atoms with Crippen molar-refractivity contribution >= 4 is 21.6 Å². The Morgan fingerprint density at radius 1 is 1.00 bits per heavy atom. The molecule has 0 radical (unpaired) electrons. The Hall–Kier alpha value is -1.87. The van der Waals surface area contributed by atoms with Crippen molar-refractivity contribution < 1.29 is 0 Å². The Bertz CT molecular complexity index is 765. The first-order valence-corrected chi connectivity index (χ1v) is 7.15. The number of nitrogens with zero attached hydrogens (tertiary/aromatic N) is 1. The van der Waals surface area contributed by atoms with Crippen LogP contribution in [0.2, 0.25) is 0 Å². The van der Waals surface area contributed by atoms with Gasteiger partial charge in [0.1, 0.15) is 0 Å². The maximum atomic E-state index is 12.3. The van der Waals surface area contributed by atoms with E-state index in [9.17, 15) is 4.79 Å². The maximum absolute atomic E-state index is 12.3. The predicted molar refractivity (Wildman–Crippen MR) is 81.5 cm³/mol. The standard InChI is InChI=1S/C16H15NOS/c1-11(2)12-7-9-13(10-8-12)17-16(18)14-5-3-4-6-15(14)19-17/h3-11H,1-2H3. The average molecular weight is 269 g/mol. The van der Waals surface area contributed by atoms with Crippen LogP contribution in [0.1, 0.15) is 25.3 Å². The van der Waals surface area contributed by atoms with E-state index in [1.165, 1.54) is 17.1 Å². The third-order valence-electron chi connectivity index (χ3n) is 3.29. The second-order valence-electron chi connectivity index (χ2n) is 4.93. The molecule has 3 heteroatoms. The van der Waals surface area contributed by atoms with Crippen LogP contribution in [0.15, 0.2) is 53.3 Å². The summed E-state index contributed by atoms with van der Waals surface area (Å²) in [5, 5.41) is 0.792. The summed E-state index contributed by atoms with van der Waals surface area (Å²) in [6.45, 7) is 4.33. The summed E-state index contributed by atoms with van der Waals surface area (Å²) in [6, 6.07) is 16.0. The third kappa shape index (κ3) is 2.10. The zero-order valence-corrected chi connectivity index (χ0v) is 11.8. The highest BCUT2D eigenvalue weighted by Crippen LogP contribution is 2.21. The number of benzene rings is 2. The van der Waals surface area contributed by atoms with Gasteiger partial charge in [-0.2, -0.15) is 0 Å². The maximum Gasteiger partial charge on any atom is 0.273 e. The molecule has 3 aromatic rings. The van der Waals surface area contributed by atoms with Crippen LogP contribution < -0.4 is 5.56 Å². The summed E-state index contributed by atoms with van der Waals surface area (Å²) in [5.74, 6) is 0.508. The lowest BCUT2D eigenvalue weighted by Crippen LogP contribution is -2.10. The zero-order chi connectivity index (χ0) is 13.4. The van der Waals surface area contributed by atoms with Gasteiger partial charge in [0.2, 0.25) is 0 Å². The van der Waals surface area contributed by atoms with Crippen molar-refractivity contribution in [1.82, 2.24) is 3.96 Å². The molecule has 0 fully saturated rings. The molecule has 0 amide bonds. The molecule has 96 valence electrons. The summed E-state index contributed by atoms with van der Waals surface area (Å²) in [6.07, 6.45) is 0. The van der Waals surface area contributed by atoms with Gasteiger partial charge in [0.15, 0.2) is 0 Å². The molecular formula is C16H15NOS. The van der Waals surface area contributed by atoms with Gasteiger partial charge in [0.25, 0.3) is 5.56 Å². The quantitative estimate of drug-likeness (QED) is 0.684. The fourth-order valence-electron chi connectivity index (χ4n) is 2.14. The monoisotopic (exact) mass is 269 g/mol. The molecule has 0 aliphatic rings. The molecule has 2 aromatic carbocycles. The van der Waals surface area contributed by atoms with Crippen molar-refractivity contribution in [3.05, 3.63) is 64.4 Å². The smallest absolute Gasteiger partial charge is 0.267 e. The van der Waals surface area contributed by atoms with E-state index in [0.29, 0.717) is 5.92 Å². The van der Waals surface area contributed by atoms with Gasteiger partial charge in [-0.1, -0.05) is 49.6 Å². The second-order valence-corrected chi connectivity index (χ2v) is 5.92. The zero-order valence-electron chi connectivity index (χ0n) is 11.0. The van der Waals surface area contributed by atoms with Crippen LogP contribution >= 0.6 is 11.5 Å². The SMILES string of the molecule is CC(C)c1ccc(-n2sc3ccccc3c2=O)cc1. The number of rotatable bonds is 2. The molecule has 1 aromatic heterocycles. The summed E-state index contributed by atoms with van der Waals surface area (Å²) in [4.78, 5) is 12.3. The van der Waals surface area contributed by atoms with Gasteiger partial charge in [-0.05, 0) is 35.7 Å². The van der Waals surface area contributed by atoms with Crippen LogP contribution in [0.4, 0.5) is 0 Å². The summed E-state index contributed by atoms with van der Waals surface area (Å²) in [5.41, 5.74) is 2.30. The van der Waals surface area contributed by atoms with Gasteiger partial charge in [-0.25, -0.2) is 3.96 Å². The molecule has 1 heterocycles. The lowest BCUT2D eigenvalue weighted by atomic mass is 10.0. The van der Waals surface area contributed by atoms with Gasteiger partial charge < -0.3 is 0 Å². The van der Waals surface area contributed by atoms with Crippen LogP contribution in [-0.4, -0.2) is 3.96 Å². The Balaban J connectivity index is 2.14. The second kappa shape index (κ2) is 4.67. The van der Waals surface area contributed by atoms with Crippen LogP contribution in [0.25, 0.3) is 15.8 Å². The van der Waals surface area contributed by atoms with Crippen LogP contribution in [0.3, 0.4) is 0 Å². The summed E-state index contributed by atoms with van der Waals surface area (Å²) >= 11 is 1.50. The minimum atomic E-state index is 0.0675. The van der Waals surface area contributed by atoms with Gasteiger partial charge in [0, 0.05) is 0 Å². The lowest BCUT2D eigenvalue weighted by molar-refractivity contribution is 0.865. The van der Waals surface area contributed by atoms with Crippen molar-refractivity contribution in [3.63, 3.8) is 0 Å². The number of aromatic nitrogens is 1. The first-order valence-electron chi connectivity index (χ1n) is 6.38. The van der Waals surface area contributed by atoms with Crippen molar-refractivity contribution in [2.45, 2.75) is 19.8 Å². The molecule has 0 N–H and O–H groups in total. The van der Waals surface area contributed by atoms with E-state index in [0.717, 1.165) is 15.8 Å². The number of hydrogen-bond acceptors (Lipinski definition) is 2. The molecule has 0 aliphatic heterocycles. The molecule has 0 spiro atoms. The van der Waals surface area contributed by atoms with Crippen molar-refractivity contribution in [3.8, 4) is 5.69 Å². The molecule has 0 bridgehead atoms. The molecule has 19 heavy (non-hydrogen) atoms. The van der Waals surface area contributed by atoms with Gasteiger partial charge >= 0.3 is 0 Å². The van der Waals surface area contributed by atoms with Gasteiger partial charge in [-0.3, -0.25) is 4.79 Å². The minimum Gasteiger partial charge on any atom is -0.267 e. The van der Waals surface area contributed by atoms with E-state index in [1.54, 1.807) is 3.96 Å². The molecule has 0 saturated heterocycles. The van der Waals surface area contributed by atoms with Gasteiger partial charge in [-0.15, -0.1) is 0 Å². The topological polar surface area (TPSA) is 22.0 Å². The largest absolute Gasteiger partial charge is 0.273 e. The van der Waals surface area contributed by atoms with Crippen LogP contribution in [-0.2, 0) is 0 Å². The highest BCUT2D eigenvalue weighted by Gasteiger charge is 2.08. The first-order chi connectivity index (χ1) is 9.16. The molecule has 0 atom stereocenters. The highest BCUT2D eigenvalue weighted by molar-refractivity contribution is 7.14. The molecule has 3 rings (SSSR count). The minimum absolute atomic E-state index is 0.0675. The summed E-state index contributed by atoms with van der Waals surface area (Å²) in [7, 11) is 0. The predicted octanol–water partition coefficient (Wildman–Crippen LogP) is 4.18. The van der Waals surface area contributed by atoms with Crippen molar-refractivity contribution in [2.24, 2.45) is 0 Å². The molecular weight excluding hydrogens is 254 g/mol. The van der Waals surface area contributed by atoms with E-state index in [-0.39, 0.29) is 5.56 Å². The normalized spacial score (nSPS) is 11.3. The van der Waals surface area contributed by atoms with Crippen LogP contribution in [0.5, 0.6) is 0 Å². The molecule has 0 saturated carbocycles. The van der Waals surface area contributed by atoms with Crippen molar-refractivity contribution in [1.29, 1.82) is 0 Å². The van der Waals surface area contributed by atoms with E-state index in [1.807, 2.05) is 36.4 Å². The first kappa shape index (κ1) is 12.2. The third-order valence-corrected chi connectivity index (χ3v) is 4.40. The van der Waals surface area contributed by atoms with E-state index < -0.39 is 0 Å². The Morgan fingerprint density at radius 3 is 2.32 bits per heavy atom. The Morgan fingerprint density at radius 2 is 1.68 bits per heavy atom. The Kier molecular flexibility index (Phi) is 2.99. The molecule has 0 aliphatic carbocycles. The van der Waals surface area contributed by atoms with Crippen LogP contribution in [0, 0.1) is 0 Å². The van der Waals surface area contributed by atoms with Crippen molar-refractivity contribution in [2.75, 3.05) is 0 Å². The van der Waals surface area contributed by atoms with E-state index in [4.69, 9.17) is 0 Å². The number of hydrogen-bond donors (Lipinski definition) is 0. The fraction of sp³-hybridized carbons (Fsp3) is 0.188. The molecule has 2 nitrogen and oxygen atoms in total. The summed E-state index contributed by atoms with van der Waals surface area (Å²) < 4.78 is 2.79. The average Bonchev–Trinajstić information content (AvgIpc) is 2.77.